The molecule has 0 saturated heterocycles. The Balaban J connectivity index is 3.02. The number of rotatable bonds is 20. The van der Waals surface area contributed by atoms with Gasteiger partial charge in [-0.25, -0.2) is 0 Å². The molecule has 0 spiro atoms. The van der Waals surface area contributed by atoms with Gasteiger partial charge in [0.2, 0.25) is 0 Å². The number of hydrogen-bond donors (Lipinski definition) is 0. The van der Waals surface area contributed by atoms with Gasteiger partial charge in [0.05, 0.1) is 12.4 Å². The summed E-state index contributed by atoms with van der Waals surface area (Å²) in [7, 11) is 0. The third-order valence-corrected chi connectivity index (χ3v) is 5.68. The molecule has 25 heavy (non-hydrogen) atoms. The highest BCUT2D eigenvalue weighted by Gasteiger charge is 2.00. The summed E-state index contributed by atoms with van der Waals surface area (Å²) in [4.78, 5) is 11.2. The maximum absolute atomic E-state index is 11.2. The van der Waals surface area contributed by atoms with Gasteiger partial charge in [0.25, 0.3) is 0 Å². The predicted molar refractivity (Wildman–Crippen MR) is 114 cm³/mol. The van der Waals surface area contributed by atoms with E-state index in [2.05, 4.69) is 6.92 Å². The van der Waals surface area contributed by atoms with Crippen LogP contribution in [-0.4, -0.2) is 24.1 Å². The number of esters is 1. The molecule has 0 amide bonds. The maximum atomic E-state index is 11.2. The second-order valence-corrected chi connectivity index (χ2v) is 8.27. The number of hydrogen-bond acceptors (Lipinski definition) is 3. The Morgan fingerprint density at radius 2 is 1.04 bits per heavy atom. The van der Waals surface area contributed by atoms with Crippen LogP contribution in [0.1, 0.15) is 117 Å². The summed E-state index contributed by atoms with van der Waals surface area (Å²) in [5.41, 5.74) is 0. The topological polar surface area (TPSA) is 26.3 Å². The fraction of sp³-hybridized carbons (Fsp3) is 0.955. The SMILES string of the molecule is CCCCCCCCCCCCCCCCCCSCC(=O)OCC. The van der Waals surface area contributed by atoms with E-state index >= 15 is 0 Å². The first-order chi connectivity index (χ1) is 12.3. The van der Waals surface area contributed by atoms with Crippen LogP contribution in [0.4, 0.5) is 0 Å². The molecule has 0 rings (SSSR count). The summed E-state index contributed by atoms with van der Waals surface area (Å²) in [5, 5.41) is 0. The highest BCUT2D eigenvalue weighted by atomic mass is 32.2. The Morgan fingerprint density at radius 3 is 1.44 bits per heavy atom. The highest BCUT2D eigenvalue weighted by molar-refractivity contribution is 7.99. The Labute approximate surface area is 162 Å². The number of carbonyl (C=O) groups excluding carboxylic acids is 1. The van der Waals surface area contributed by atoms with Gasteiger partial charge in [-0.05, 0) is 19.1 Å². The number of carbonyl (C=O) groups is 1. The Hall–Kier alpha value is -0.180. The van der Waals surface area contributed by atoms with Crippen molar-refractivity contribution in [2.75, 3.05) is 18.1 Å². The Bertz CT molecular complexity index is 269. The van der Waals surface area contributed by atoms with Gasteiger partial charge in [-0.1, -0.05) is 103 Å². The van der Waals surface area contributed by atoms with Gasteiger partial charge in [-0.15, -0.1) is 0 Å². The lowest BCUT2D eigenvalue weighted by Gasteiger charge is -2.04. The molecule has 0 fully saturated rings. The van der Waals surface area contributed by atoms with Crippen LogP contribution >= 0.6 is 11.8 Å². The molecule has 0 aromatic carbocycles. The smallest absolute Gasteiger partial charge is 0.315 e. The molecule has 0 radical (unpaired) electrons. The minimum Gasteiger partial charge on any atom is -0.465 e. The lowest BCUT2D eigenvalue weighted by Crippen LogP contribution is -2.06. The summed E-state index contributed by atoms with van der Waals surface area (Å²) >= 11 is 1.71. The molecule has 2 nitrogen and oxygen atoms in total. The van der Waals surface area contributed by atoms with Crippen molar-refractivity contribution in [2.45, 2.75) is 117 Å². The molecule has 0 N–H and O–H groups in total. The summed E-state index contributed by atoms with van der Waals surface area (Å²) in [6, 6.07) is 0. The van der Waals surface area contributed by atoms with Crippen molar-refractivity contribution >= 4 is 17.7 Å². The van der Waals surface area contributed by atoms with Crippen molar-refractivity contribution in [3.63, 3.8) is 0 Å². The van der Waals surface area contributed by atoms with Crippen LogP contribution in [0.5, 0.6) is 0 Å². The molecule has 0 atom stereocenters. The van der Waals surface area contributed by atoms with Gasteiger partial charge in [0.15, 0.2) is 0 Å². The lowest BCUT2D eigenvalue weighted by atomic mass is 10.0. The molecule has 0 aromatic heterocycles. The average molecular weight is 373 g/mol. The van der Waals surface area contributed by atoms with Gasteiger partial charge in [0.1, 0.15) is 0 Å². The Morgan fingerprint density at radius 1 is 0.640 bits per heavy atom. The summed E-state index contributed by atoms with van der Waals surface area (Å²) in [6.45, 7) is 4.64. The molecule has 0 unspecified atom stereocenters. The van der Waals surface area contributed by atoms with Gasteiger partial charge >= 0.3 is 5.97 Å². The van der Waals surface area contributed by atoms with Gasteiger partial charge in [-0.3, -0.25) is 4.79 Å². The Kier molecular flexibility index (Phi) is 21.7. The fourth-order valence-electron chi connectivity index (χ4n) is 3.11. The van der Waals surface area contributed by atoms with Crippen LogP contribution < -0.4 is 0 Å². The van der Waals surface area contributed by atoms with Crippen LogP contribution in [0.15, 0.2) is 0 Å². The van der Waals surface area contributed by atoms with Crippen LogP contribution in [0.25, 0.3) is 0 Å². The van der Waals surface area contributed by atoms with Crippen molar-refractivity contribution in [1.82, 2.24) is 0 Å². The van der Waals surface area contributed by atoms with E-state index in [9.17, 15) is 4.79 Å². The zero-order valence-corrected chi connectivity index (χ0v) is 18.0. The minimum absolute atomic E-state index is 0.0657. The molecular weight excluding hydrogens is 328 g/mol. The standard InChI is InChI=1S/C22H44O2S/c1-3-5-6-7-8-9-10-11-12-13-14-15-16-17-18-19-20-25-21-22(23)24-4-2/h3-21H2,1-2H3. The zero-order chi connectivity index (χ0) is 18.4. The quantitative estimate of drug-likeness (QED) is 0.163. The largest absolute Gasteiger partial charge is 0.465 e. The minimum atomic E-state index is -0.0657. The summed E-state index contributed by atoms with van der Waals surface area (Å²) in [6.07, 6.45) is 22.5. The van der Waals surface area contributed by atoms with Crippen molar-refractivity contribution in [1.29, 1.82) is 0 Å². The van der Waals surface area contributed by atoms with E-state index in [1.165, 1.54) is 103 Å². The first kappa shape index (κ1) is 24.8. The van der Waals surface area contributed by atoms with E-state index < -0.39 is 0 Å². The maximum Gasteiger partial charge on any atom is 0.315 e. The van der Waals surface area contributed by atoms with Crippen molar-refractivity contribution < 1.29 is 9.53 Å². The molecule has 0 heterocycles. The number of thioether (sulfide) groups is 1. The van der Waals surface area contributed by atoms with E-state index in [0.29, 0.717) is 12.4 Å². The van der Waals surface area contributed by atoms with Crippen LogP contribution in [0.3, 0.4) is 0 Å². The predicted octanol–water partition coefficient (Wildman–Crippen LogP) is 7.54. The fourth-order valence-corrected chi connectivity index (χ4v) is 3.91. The lowest BCUT2D eigenvalue weighted by molar-refractivity contribution is -0.139. The third kappa shape index (κ3) is 21.8. The first-order valence-electron chi connectivity index (χ1n) is 11.0. The van der Waals surface area contributed by atoms with Crippen molar-refractivity contribution in [3.05, 3.63) is 0 Å². The number of ether oxygens (including phenoxy) is 1. The molecule has 0 aromatic rings. The highest BCUT2D eigenvalue weighted by Crippen LogP contribution is 2.14. The molecule has 0 bridgehead atoms. The molecule has 0 aliphatic heterocycles. The van der Waals surface area contributed by atoms with E-state index in [0.717, 1.165) is 5.75 Å². The molecule has 0 aliphatic rings. The second kappa shape index (κ2) is 21.9. The average Bonchev–Trinajstić information content (AvgIpc) is 2.61. The van der Waals surface area contributed by atoms with Crippen LogP contribution in [0.2, 0.25) is 0 Å². The van der Waals surface area contributed by atoms with Crippen LogP contribution in [0, 0.1) is 0 Å². The first-order valence-corrected chi connectivity index (χ1v) is 12.2. The van der Waals surface area contributed by atoms with Crippen molar-refractivity contribution in [2.24, 2.45) is 0 Å². The van der Waals surface area contributed by atoms with Crippen LogP contribution in [-0.2, 0) is 9.53 Å². The molecule has 3 heteroatoms. The molecule has 150 valence electrons. The van der Waals surface area contributed by atoms with E-state index in [1.807, 2.05) is 6.92 Å². The second-order valence-electron chi connectivity index (χ2n) is 7.16. The third-order valence-electron chi connectivity index (χ3n) is 4.67. The molecule has 0 aliphatic carbocycles. The zero-order valence-electron chi connectivity index (χ0n) is 17.2. The molecular formula is C22H44O2S. The van der Waals surface area contributed by atoms with E-state index in [-0.39, 0.29) is 5.97 Å². The normalized spacial score (nSPS) is 11.0. The van der Waals surface area contributed by atoms with Gasteiger partial charge in [0, 0.05) is 0 Å². The van der Waals surface area contributed by atoms with Gasteiger partial charge in [-0.2, -0.15) is 11.8 Å². The summed E-state index contributed by atoms with van der Waals surface area (Å²) in [5.74, 6) is 1.55. The molecule has 0 saturated carbocycles. The van der Waals surface area contributed by atoms with Gasteiger partial charge < -0.3 is 4.74 Å². The van der Waals surface area contributed by atoms with E-state index in [1.54, 1.807) is 11.8 Å². The number of unbranched alkanes of at least 4 members (excludes halogenated alkanes) is 15. The van der Waals surface area contributed by atoms with Crippen molar-refractivity contribution in [3.8, 4) is 0 Å². The van der Waals surface area contributed by atoms with E-state index in [4.69, 9.17) is 4.74 Å². The summed E-state index contributed by atoms with van der Waals surface area (Å²) < 4.78 is 4.92. The monoisotopic (exact) mass is 372 g/mol.